The van der Waals surface area contributed by atoms with E-state index in [-0.39, 0.29) is 12.2 Å². The monoisotopic (exact) mass is 393 g/mol. The third kappa shape index (κ3) is 3.83. The van der Waals surface area contributed by atoms with E-state index in [4.69, 9.17) is 15.2 Å². The lowest BCUT2D eigenvalue weighted by molar-refractivity contribution is 0.355. The molecule has 0 radical (unpaired) electrons. The fraction of sp³-hybridized carbons (Fsp3) is 0.381. The fourth-order valence-electron chi connectivity index (χ4n) is 3.99. The lowest BCUT2D eigenvalue weighted by Crippen LogP contribution is -2.46. The number of nitrogens with one attached hydrogen (secondary N) is 4. The molecule has 0 saturated carbocycles. The molecule has 152 valence electrons. The Morgan fingerprint density at radius 1 is 1.45 bits per heavy atom. The number of methoxy groups -OCH3 is 1. The second kappa shape index (κ2) is 8.38. The topological polar surface area (TPSA) is 97.7 Å². The Morgan fingerprint density at radius 3 is 3.14 bits per heavy atom. The zero-order valence-electron chi connectivity index (χ0n) is 16.8. The van der Waals surface area contributed by atoms with E-state index in [1.807, 2.05) is 29.4 Å². The number of allylic oxidation sites excluding steroid dienone is 3. The van der Waals surface area contributed by atoms with E-state index in [1.54, 1.807) is 13.3 Å². The summed E-state index contributed by atoms with van der Waals surface area (Å²) in [5.41, 5.74) is 4.25. The summed E-state index contributed by atoms with van der Waals surface area (Å²) in [6, 6.07) is 4.16. The van der Waals surface area contributed by atoms with Crippen LogP contribution in [0.3, 0.4) is 0 Å². The van der Waals surface area contributed by atoms with Gasteiger partial charge in [-0.05, 0) is 50.0 Å². The van der Waals surface area contributed by atoms with Gasteiger partial charge < -0.3 is 26.1 Å². The number of aromatic nitrogens is 1. The van der Waals surface area contributed by atoms with E-state index in [9.17, 15) is 0 Å². The maximum atomic E-state index is 7.73. The second-order valence-corrected chi connectivity index (χ2v) is 7.16. The van der Waals surface area contributed by atoms with Gasteiger partial charge in [0.15, 0.2) is 0 Å². The number of ether oxygens (including phenoxy) is 1. The zero-order valence-corrected chi connectivity index (χ0v) is 16.8. The summed E-state index contributed by atoms with van der Waals surface area (Å²) in [6.45, 7) is 2.97. The van der Waals surface area contributed by atoms with Gasteiger partial charge in [0.1, 0.15) is 6.17 Å². The molecule has 0 aromatic carbocycles. The number of fused-ring (bicyclic) bond motifs is 1. The number of hydrazone groups is 1. The third-order valence-corrected chi connectivity index (χ3v) is 5.34. The summed E-state index contributed by atoms with van der Waals surface area (Å²) in [7, 11) is 1.63. The minimum Gasteiger partial charge on any atom is -0.481 e. The van der Waals surface area contributed by atoms with Crippen molar-refractivity contribution < 1.29 is 4.74 Å². The lowest BCUT2D eigenvalue weighted by atomic mass is 9.92. The molecule has 0 bridgehead atoms. The predicted octanol–water partition coefficient (Wildman–Crippen LogP) is 2.16. The largest absolute Gasteiger partial charge is 0.481 e. The summed E-state index contributed by atoms with van der Waals surface area (Å²) in [4.78, 5) is 4.32. The van der Waals surface area contributed by atoms with Gasteiger partial charge in [-0.15, -0.1) is 5.10 Å². The van der Waals surface area contributed by atoms with Crippen LogP contribution >= 0.6 is 0 Å². The molecule has 3 heterocycles. The maximum Gasteiger partial charge on any atom is 0.220 e. The molecule has 1 aromatic rings. The fourth-order valence-corrected chi connectivity index (χ4v) is 3.99. The van der Waals surface area contributed by atoms with Gasteiger partial charge in [-0.2, -0.15) is 0 Å². The van der Waals surface area contributed by atoms with Crippen molar-refractivity contribution in [3.63, 3.8) is 0 Å². The molecule has 1 aliphatic carbocycles. The van der Waals surface area contributed by atoms with E-state index >= 15 is 0 Å². The van der Waals surface area contributed by atoms with E-state index in [0.29, 0.717) is 5.88 Å². The molecule has 8 nitrogen and oxygen atoms in total. The molecule has 29 heavy (non-hydrogen) atoms. The lowest BCUT2D eigenvalue weighted by Gasteiger charge is -2.28. The van der Waals surface area contributed by atoms with E-state index < -0.39 is 0 Å². The molecule has 2 atom stereocenters. The van der Waals surface area contributed by atoms with Crippen LogP contribution in [0.25, 0.3) is 5.57 Å². The SMILES string of the molecule is CCNC1=C(C=N)CC(NC2=NN3C=CC=C(c4cccnc4OC)C3N2)CC1. The van der Waals surface area contributed by atoms with Gasteiger partial charge in [-0.3, -0.25) is 0 Å². The van der Waals surface area contributed by atoms with Gasteiger partial charge >= 0.3 is 0 Å². The van der Waals surface area contributed by atoms with Gasteiger partial charge in [-0.25, -0.2) is 9.99 Å². The van der Waals surface area contributed by atoms with Crippen molar-refractivity contribution in [2.75, 3.05) is 13.7 Å². The number of hydrogen-bond donors (Lipinski definition) is 4. The molecule has 0 saturated heterocycles. The van der Waals surface area contributed by atoms with Crippen molar-refractivity contribution in [2.45, 2.75) is 38.4 Å². The summed E-state index contributed by atoms with van der Waals surface area (Å²) in [5, 5.41) is 24.7. The standard InChI is InChI=1S/C21H27N7O/c1-3-23-18-9-8-15(12-14(18)13-22)25-21-26-19-16(7-5-11-28(19)27-21)17-6-4-10-24-20(17)29-2/h4-7,10-11,13,15,19,22-23H,3,8-9,12H2,1-2H3,(H2,25,26,27). The molecule has 1 aromatic heterocycles. The van der Waals surface area contributed by atoms with E-state index in [1.165, 1.54) is 11.9 Å². The molecule has 3 aliphatic rings. The predicted molar refractivity (Wildman–Crippen MR) is 114 cm³/mol. The van der Waals surface area contributed by atoms with Gasteiger partial charge in [0, 0.05) is 48.0 Å². The Labute approximate surface area is 170 Å². The number of nitrogens with zero attached hydrogens (tertiary/aromatic N) is 3. The highest BCUT2D eigenvalue weighted by Gasteiger charge is 2.32. The van der Waals surface area contributed by atoms with Crippen molar-refractivity contribution in [3.8, 4) is 5.88 Å². The molecule has 2 aliphatic heterocycles. The van der Waals surface area contributed by atoms with Crippen LogP contribution in [0.15, 0.2) is 53.1 Å². The first-order valence-corrected chi connectivity index (χ1v) is 9.97. The van der Waals surface area contributed by atoms with Crippen LogP contribution in [0.5, 0.6) is 5.88 Å². The van der Waals surface area contributed by atoms with Crippen molar-refractivity contribution >= 4 is 17.7 Å². The summed E-state index contributed by atoms with van der Waals surface area (Å²) in [6.07, 6.45) is 11.8. The zero-order chi connectivity index (χ0) is 20.2. The minimum atomic E-state index is -0.112. The Bertz CT molecular complexity index is 902. The second-order valence-electron chi connectivity index (χ2n) is 7.16. The summed E-state index contributed by atoms with van der Waals surface area (Å²) < 4.78 is 5.44. The molecule has 4 rings (SSSR count). The van der Waals surface area contributed by atoms with Crippen LogP contribution in [0, 0.1) is 5.41 Å². The van der Waals surface area contributed by atoms with Gasteiger partial charge in [-0.1, -0.05) is 6.08 Å². The maximum absolute atomic E-state index is 7.73. The van der Waals surface area contributed by atoms with Crippen molar-refractivity contribution in [3.05, 3.63) is 53.5 Å². The van der Waals surface area contributed by atoms with Gasteiger partial charge in [0.05, 0.1) is 7.11 Å². The number of guanidine groups is 1. The van der Waals surface area contributed by atoms with Crippen molar-refractivity contribution in [1.29, 1.82) is 5.41 Å². The Hall–Kier alpha value is -3.29. The molecular formula is C21H27N7O. The van der Waals surface area contributed by atoms with Crippen LogP contribution < -0.4 is 20.7 Å². The quantitative estimate of drug-likeness (QED) is 0.553. The van der Waals surface area contributed by atoms with Gasteiger partial charge in [0.25, 0.3) is 0 Å². The molecule has 4 N–H and O–H groups in total. The van der Waals surface area contributed by atoms with E-state index in [2.05, 4.69) is 33.9 Å². The Morgan fingerprint density at radius 2 is 2.34 bits per heavy atom. The van der Waals surface area contributed by atoms with Crippen molar-refractivity contribution in [1.82, 2.24) is 25.9 Å². The van der Waals surface area contributed by atoms with Gasteiger partial charge in [0.2, 0.25) is 11.8 Å². The van der Waals surface area contributed by atoms with Crippen LogP contribution in [0.4, 0.5) is 0 Å². The number of rotatable bonds is 6. The molecule has 0 fully saturated rings. The average Bonchev–Trinajstić information content (AvgIpc) is 3.17. The number of pyridine rings is 1. The smallest absolute Gasteiger partial charge is 0.220 e. The number of hydrogen-bond acceptors (Lipinski definition) is 8. The molecule has 2 unspecified atom stereocenters. The van der Waals surface area contributed by atoms with E-state index in [0.717, 1.165) is 48.5 Å². The first-order valence-electron chi connectivity index (χ1n) is 9.97. The molecule has 8 heteroatoms. The average molecular weight is 393 g/mol. The normalized spacial score (nSPS) is 23.0. The van der Waals surface area contributed by atoms with Crippen molar-refractivity contribution in [2.24, 2.45) is 5.10 Å². The van der Waals surface area contributed by atoms with Crippen LogP contribution in [0.1, 0.15) is 31.7 Å². The Balaban J connectivity index is 1.47. The highest BCUT2D eigenvalue weighted by molar-refractivity contribution is 5.87. The molecule has 0 amide bonds. The van der Waals surface area contributed by atoms with Crippen LogP contribution in [-0.4, -0.2) is 48.0 Å². The van der Waals surface area contributed by atoms with Crippen LogP contribution in [-0.2, 0) is 0 Å². The van der Waals surface area contributed by atoms with Crippen LogP contribution in [0.2, 0.25) is 0 Å². The highest BCUT2D eigenvalue weighted by Crippen LogP contribution is 2.32. The molecular weight excluding hydrogens is 366 g/mol. The third-order valence-electron chi connectivity index (χ3n) is 5.34. The minimum absolute atomic E-state index is 0.112. The first-order chi connectivity index (χ1) is 14.2. The summed E-state index contributed by atoms with van der Waals surface area (Å²) in [5.74, 6) is 1.35. The molecule has 0 spiro atoms. The first kappa shape index (κ1) is 19.0. The summed E-state index contributed by atoms with van der Waals surface area (Å²) >= 11 is 0. The highest BCUT2D eigenvalue weighted by atomic mass is 16.5. The Kier molecular flexibility index (Phi) is 5.50.